The van der Waals surface area contributed by atoms with Crippen LogP contribution in [0, 0.1) is 0 Å². The summed E-state index contributed by atoms with van der Waals surface area (Å²) in [5, 5.41) is 7.51. The van der Waals surface area contributed by atoms with Crippen molar-refractivity contribution in [3.63, 3.8) is 0 Å². The number of carbonyl (C=O) groups is 2. The van der Waals surface area contributed by atoms with Crippen molar-refractivity contribution in [2.45, 2.75) is 58.0 Å². The standard InChI is InChI=1S/C40H50N4O5S.CO2/c1-4-47-25-26-48-24-12-15-32(50)14-11-22-41-39(45)21-23-44-31(27-30-13-5-10-20-38(30)44)28-42(2)43(3)40(46)49-29-37-35-18-8-6-16-33(35)34-17-7-9-19-36(34)37;2-1-3/h5-10,13,16-20,27,37H,4,11-12,14-15,21-26,28-29H2,1-3H3,(H,41,45);. The molecule has 53 heavy (non-hydrogen) atoms. The summed E-state index contributed by atoms with van der Waals surface area (Å²) in [7, 11) is 3.60. The van der Waals surface area contributed by atoms with Crippen LogP contribution < -0.4 is 5.32 Å². The Labute approximate surface area is 317 Å². The number of thiocarbonyl (C=S) groups is 1. The Morgan fingerprint density at radius 2 is 1.47 bits per heavy atom. The van der Waals surface area contributed by atoms with Gasteiger partial charge in [0.1, 0.15) is 6.61 Å². The van der Waals surface area contributed by atoms with E-state index in [2.05, 4.69) is 52.3 Å². The molecule has 0 aliphatic heterocycles. The van der Waals surface area contributed by atoms with E-state index >= 15 is 0 Å². The van der Waals surface area contributed by atoms with Crippen LogP contribution in [-0.2, 0) is 41.7 Å². The molecule has 0 fully saturated rings. The van der Waals surface area contributed by atoms with Crippen LogP contribution in [0.5, 0.6) is 0 Å². The minimum Gasteiger partial charge on any atom is -0.447 e. The van der Waals surface area contributed by atoms with Gasteiger partial charge in [-0.05, 0) is 77.2 Å². The smallest absolute Gasteiger partial charge is 0.424 e. The molecule has 12 heteroatoms. The summed E-state index contributed by atoms with van der Waals surface area (Å²) >= 11 is 5.52. The average Bonchev–Trinajstić information content (AvgIpc) is 3.68. The SMILES string of the molecule is CCOCCOCCCC(=S)CCCNC(=O)CCn1c(CN(C)N(C)C(=O)OCC2c3ccccc3-c3ccccc32)cc2ccccc21.O=C=O. The molecule has 0 atom stereocenters. The first-order chi connectivity index (χ1) is 25.8. The number of para-hydroxylation sites is 1. The van der Waals surface area contributed by atoms with Crippen molar-refractivity contribution in [1.29, 1.82) is 0 Å². The van der Waals surface area contributed by atoms with Crippen LogP contribution in [0.4, 0.5) is 4.79 Å². The quantitative estimate of drug-likeness (QED) is 0.0594. The number of hydrazine groups is 1. The predicted octanol–water partition coefficient (Wildman–Crippen LogP) is 6.78. The molecule has 5 rings (SSSR count). The lowest BCUT2D eigenvalue weighted by Crippen LogP contribution is -2.41. The third-order valence-electron chi connectivity index (χ3n) is 9.24. The van der Waals surface area contributed by atoms with Crippen molar-refractivity contribution in [2.24, 2.45) is 0 Å². The third kappa shape index (κ3) is 11.9. The van der Waals surface area contributed by atoms with Crippen molar-refractivity contribution in [3.05, 3.63) is 95.7 Å². The van der Waals surface area contributed by atoms with Crippen molar-refractivity contribution >= 4 is 46.1 Å². The number of nitrogens with zero attached hydrogens (tertiary/aromatic N) is 3. The fourth-order valence-corrected chi connectivity index (χ4v) is 6.79. The molecular weight excluding hydrogens is 693 g/mol. The number of aryl methyl sites for hydroxylation is 1. The molecular formula is C41H50N4O7S. The molecule has 1 heterocycles. The molecule has 1 N–H and O–H groups in total. The highest BCUT2D eigenvalue weighted by Crippen LogP contribution is 2.44. The number of hydrogen-bond donors (Lipinski definition) is 1. The van der Waals surface area contributed by atoms with E-state index in [0.29, 0.717) is 52.5 Å². The van der Waals surface area contributed by atoms with E-state index in [4.69, 9.17) is 36.0 Å². The van der Waals surface area contributed by atoms with Gasteiger partial charge in [0.15, 0.2) is 0 Å². The Hall–Kier alpha value is -4.71. The van der Waals surface area contributed by atoms with Gasteiger partial charge >= 0.3 is 12.2 Å². The average molecular weight is 743 g/mol. The lowest BCUT2D eigenvalue weighted by atomic mass is 9.98. The highest BCUT2D eigenvalue weighted by Gasteiger charge is 2.30. The van der Waals surface area contributed by atoms with Crippen molar-refractivity contribution in [3.8, 4) is 11.1 Å². The summed E-state index contributed by atoms with van der Waals surface area (Å²) in [6.07, 6.45) is 3.57. The molecule has 0 unspecified atom stereocenters. The van der Waals surface area contributed by atoms with Gasteiger partial charge in [-0.2, -0.15) is 9.59 Å². The normalized spacial score (nSPS) is 11.7. The summed E-state index contributed by atoms with van der Waals surface area (Å²) in [5.41, 5.74) is 6.82. The van der Waals surface area contributed by atoms with E-state index in [1.54, 1.807) is 7.05 Å². The van der Waals surface area contributed by atoms with Gasteiger partial charge in [0, 0.05) is 63.9 Å². The van der Waals surface area contributed by atoms with Crippen molar-refractivity contribution in [2.75, 3.05) is 53.7 Å². The number of hydrogen-bond acceptors (Lipinski definition) is 9. The monoisotopic (exact) mass is 742 g/mol. The van der Waals surface area contributed by atoms with Gasteiger partial charge in [0.25, 0.3) is 0 Å². The van der Waals surface area contributed by atoms with Gasteiger partial charge in [-0.1, -0.05) is 78.9 Å². The number of aromatic nitrogens is 1. The number of amides is 2. The lowest BCUT2D eigenvalue weighted by Gasteiger charge is -2.28. The van der Waals surface area contributed by atoms with E-state index < -0.39 is 6.09 Å². The van der Waals surface area contributed by atoms with E-state index in [0.717, 1.165) is 47.1 Å². The summed E-state index contributed by atoms with van der Waals surface area (Å²) in [6, 6.07) is 26.9. The zero-order valence-corrected chi connectivity index (χ0v) is 31.7. The second kappa shape index (κ2) is 21.7. The molecule has 11 nitrogen and oxygen atoms in total. The number of ether oxygens (including phenoxy) is 3. The van der Waals surface area contributed by atoms with Gasteiger partial charge in [-0.25, -0.2) is 14.8 Å². The molecule has 0 saturated heterocycles. The molecule has 282 valence electrons. The van der Waals surface area contributed by atoms with Crippen LogP contribution in [-0.4, -0.2) is 91.3 Å². The third-order valence-corrected chi connectivity index (χ3v) is 9.65. The Balaban J connectivity index is 0.00000202. The van der Waals surface area contributed by atoms with E-state index in [-0.39, 0.29) is 24.6 Å². The van der Waals surface area contributed by atoms with Crippen molar-refractivity contribution in [1.82, 2.24) is 19.9 Å². The van der Waals surface area contributed by atoms with E-state index in [9.17, 15) is 9.59 Å². The summed E-state index contributed by atoms with van der Waals surface area (Å²) in [4.78, 5) is 43.4. The largest absolute Gasteiger partial charge is 0.447 e. The first-order valence-electron chi connectivity index (χ1n) is 18.1. The Kier molecular flexibility index (Phi) is 16.8. The Morgan fingerprint density at radius 3 is 2.17 bits per heavy atom. The van der Waals surface area contributed by atoms with E-state index in [1.807, 2.05) is 55.4 Å². The zero-order chi connectivity index (χ0) is 38.0. The van der Waals surface area contributed by atoms with Crippen LogP contribution in [0.3, 0.4) is 0 Å². The lowest BCUT2D eigenvalue weighted by molar-refractivity contribution is -0.191. The van der Waals surface area contributed by atoms with Crippen LogP contribution in [0.15, 0.2) is 78.9 Å². The second-order valence-corrected chi connectivity index (χ2v) is 13.3. The molecule has 2 amide bonds. The summed E-state index contributed by atoms with van der Waals surface area (Å²) < 4.78 is 18.9. The molecule has 1 aliphatic rings. The summed E-state index contributed by atoms with van der Waals surface area (Å²) in [6.45, 7) is 6.44. The molecule has 3 aromatic carbocycles. The minimum atomic E-state index is -0.415. The fraction of sp³-hybridized carbons (Fsp3) is 0.415. The number of nitrogens with one attached hydrogen (secondary N) is 1. The first kappa shape index (κ1) is 41.1. The van der Waals surface area contributed by atoms with Crippen LogP contribution in [0.1, 0.15) is 61.8 Å². The molecule has 0 radical (unpaired) electrons. The van der Waals surface area contributed by atoms with Crippen LogP contribution in [0.2, 0.25) is 0 Å². The maximum absolute atomic E-state index is 13.3. The minimum absolute atomic E-state index is 0.00316. The number of fused-ring (bicyclic) bond motifs is 4. The van der Waals surface area contributed by atoms with Gasteiger partial charge in [0.2, 0.25) is 5.91 Å². The fourth-order valence-electron chi connectivity index (χ4n) is 6.51. The molecule has 0 spiro atoms. The molecule has 1 aromatic heterocycles. The van der Waals surface area contributed by atoms with Crippen molar-refractivity contribution < 1.29 is 33.4 Å². The van der Waals surface area contributed by atoms with Gasteiger partial charge in [-0.3, -0.25) is 4.79 Å². The highest BCUT2D eigenvalue weighted by atomic mass is 32.1. The topological polar surface area (TPSA) is 119 Å². The second-order valence-electron chi connectivity index (χ2n) is 12.7. The maximum Gasteiger partial charge on any atom is 0.424 e. The van der Waals surface area contributed by atoms with E-state index in [1.165, 1.54) is 27.3 Å². The maximum atomic E-state index is 13.3. The number of rotatable bonds is 20. The molecule has 1 aliphatic carbocycles. The van der Waals surface area contributed by atoms with Gasteiger partial charge < -0.3 is 24.1 Å². The first-order valence-corrected chi connectivity index (χ1v) is 18.5. The molecule has 0 saturated carbocycles. The van der Waals surface area contributed by atoms with Gasteiger partial charge in [0.05, 0.1) is 19.8 Å². The number of carbonyl (C=O) groups excluding carboxylic acids is 4. The van der Waals surface area contributed by atoms with Gasteiger partial charge in [-0.15, -0.1) is 0 Å². The highest BCUT2D eigenvalue weighted by molar-refractivity contribution is 7.80. The number of benzene rings is 3. The molecule has 4 aromatic rings. The Morgan fingerprint density at radius 1 is 0.849 bits per heavy atom. The predicted molar refractivity (Wildman–Crippen MR) is 207 cm³/mol. The zero-order valence-electron chi connectivity index (χ0n) is 30.9. The Bertz CT molecular complexity index is 1790. The summed E-state index contributed by atoms with van der Waals surface area (Å²) in [5.74, 6) is 0.00282. The molecule has 0 bridgehead atoms. The van der Waals surface area contributed by atoms with Crippen LogP contribution >= 0.6 is 12.2 Å². The van der Waals surface area contributed by atoms with Crippen LogP contribution in [0.25, 0.3) is 22.0 Å².